The molecule has 1 aliphatic heterocycles. The number of amides is 2. The Labute approximate surface area is 202 Å². The average Bonchev–Trinajstić information content (AvgIpc) is 2.97. The molecule has 1 atom stereocenters. The van der Waals surface area contributed by atoms with Crippen LogP contribution in [0.3, 0.4) is 0 Å². The van der Waals surface area contributed by atoms with E-state index in [-0.39, 0.29) is 17.9 Å². The van der Waals surface area contributed by atoms with Crippen molar-refractivity contribution >= 4 is 29.3 Å². The molecule has 0 bridgehead atoms. The van der Waals surface area contributed by atoms with Gasteiger partial charge < -0.3 is 15.1 Å². The van der Waals surface area contributed by atoms with Crippen molar-refractivity contribution in [3.8, 4) is 0 Å². The van der Waals surface area contributed by atoms with Crippen molar-refractivity contribution in [3.63, 3.8) is 0 Å². The first-order chi connectivity index (χ1) is 15.9. The third kappa shape index (κ3) is 8.52. The van der Waals surface area contributed by atoms with E-state index in [1.54, 1.807) is 11.8 Å². The van der Waals surface area contributed by atoms with Crippen LogP contribution < -0.4 is 5.32 Å². The molecular formula is C27H37N3O2S. The molecule has 3 rings (SSSR count). The van der Waals surface area contributed by atoms with E-state index in [1.807, 2.05) is 24.3 Å². The normalized spacial score (nSPS) is 16.0. The van der Waals surface area contributed by atoms with Gasteiger partial charge in [-0.25, -0.2) is 0 Å². The van der Waals surface area contributed by atoms with Gasteiger partial charge in [-0.3, -0.25) is 9.59 Å². The second kappa shape index (κ2) is 12.8. The molecule has 0 aromatic heterocycles. The Kier molecular flexibility index (Phi) is 9.82. The Hall–Kier alpha value is -2.31. The number of carbonyl (C=O) groups is 2. The van der Waals surface area contributed by atoms with Gasteiger partial charge in [-0.05, 0) is 48.6 Å². The van der Waals surface area contributed by atoms with Crippen LogP contribution in [-0.2, 0) is 16.0 Å². The SMILES string of the molecule is CC(=O)Nc1ccc(SC[C@H](CC(C)C)N2CCN(CCc3ccccc3)CCC2=O)cc1. The zero-order valence-corrected chi connectivity index (χ0v) is 20.9. The van der Waals surface area contributed by atoms with Crippen LogP contribution in [0.15, 0.2) is 59.5 Å². The lowest BCUT2D eigenvalue weighted by Crippen LogP contribution is -2.43. The molecule has 1 aliphatic rings. The van der Waals surface area contributed by atoms with Gasteiger partial charge in [0.2, 0.25) is 11.8 Å². The molecule has 5 nitrogen and oxygen atoms in total. The van der Waals surface area contributed by atoms with Gasteiger partial charge in [0.1, 0.15) is 0 Å². The van der Waals surface area contributed by atoms with E-state index in [2.05, 4.69) is 59.3 Å². The predicted octanol–water partition coefficient (Wildman–Crippen LogP) is 4.93. The summed E-state index contributed by atoms with van der Waals surface area (Å²) < 4.78 is 0. The summed E-state index contributed by atoms with van der Waals surface area (Å²) in [5, 5.41) is 2.81. The maximum absolute atomic E-state index is 13.1. The molecule has 33 heavy (non-hydrogen) atoms. The highest BCUT2D eigenvalue weighted by Crippen LogP contribution is 2.26. The zero-order chi connectivity index (χ0) is 23.6. The van der Waals surface area contributed by atoms with Crippen LogP contribution in [0.5, 0.6) is 0 Å². The summed E-state index contributed by atoms with van der Waals surface area (Å²) in [6.07, 6.45) is 2.63. The molecule has 2 aromatic rings. The molecule has 6 heteroatoms. The third-order valence-corrected chi connectivity index (χ3v) is 7.14. The summed E-state index contributed by atoms with van der Waals surface area (Å²) in [4.78, 5) is 30.0. The van der Waals surface area contributed by atoms with Crippen LogP contribution in [0.1, 0.15) is 39.2 Å². The number of hydrogen-bond donors (Lipinski definition) is 1. The monoisotopic (exact) mass is 467 g/mol. The number of rotatable bonds is 10. The minimum Gasteiger partial charge on any atom is -0.338 e. The zero-order valence-electron chi connectivity index (χ0n) is 20.1. The summed E-state index contributed by atoms with van der Waals surface area (Å²) in [5.74, 6) is 1.63. The summed E-state index contributed by atoms with van der Waals surface area (Å²) in [7, 11) is 0. The van der Waals surface area contributed by atoms with Crippen molar-refractivity contribution < 1.29 is 9.59 Å². The fraction of sp³-hybridized carbons (Fsp3) is 0.481. The van der Waals surface area contributed by atoms with Gasteiger partial charge in [-0.2, -0.15) is 0 Å². The fourth-order valence-electron chi connectivity index (χ4n) is 4.28. The quantitative estimate of drug-likeness (QED) is 0.504. The molecule has 1 saturated heterocycles. The molecule has 2 aromatic carbocycles. The largest absolute Gasteiger partial charge is 0.338 e. The van der Waals surface area contributed by atoms with Crippen LogP contribution in [0.2, 0.25) is 0 Å². The number of benzene rings is 2. The summed E-state index contributed by atoms with van der Waals surface area (Å²) >= 11 is 1.79. The van der Waals surface area contributed by atoms with E-state index in [0.717, 1.165) is 55.4 Å². The Bertz CT molecular complexity index is 886. The molecule has 0 radical (unpaired) electrons. The van der Waals surface area contributed by atoms with E-state index in [1.165, 1.54) is 12.5 Å². The van der Waals surface area contributed by atoms with Gasteiger partial charge in [0.05, 0.1) is 0 Å². The van der Waals surface area contributed by atoms with Crippen molar-refractivity contribution in [3.05, 3.63) is 60.2 Å². The van der Waals surface area contributed by atoms with E-state index in [4.69, 9.17) is 0 Å². The highest BCUT2D eigenvalue weighted by Gasteiger charge is 2.27. The number of nitrogens with one attached hydrogen (secondary N) is 1. The summed E-state index contributed by atoms with van der Waals surface area (Å²) in [5.41, 5.74) is 2.16. The maximum atomic E-state index is 13.1. The molecule has 1 N–H and O–H groups in total. The number of nitrogens with zero attached hydrogens (tertiary/aromatic N) is 2. The predicted molar refractivity (Wildman–Crippen MR) is 138 cm³/mol. The van der Waals surface area contributed by atoms with Gasteiger partial charge in [-0.15, -0.1) is 11.8 Å². The first-order valence-corrected chi connectivity index (χ1v) is 13.0. The molecule has 178 valence electrons. The number of carbonyl (C=O) groups excluding carboxylic acids is 2. The second-order valence-corrected chi connectivity index (χ2v) is 10.3. The highest BCUT2D eigenvalue weighted by atomic mass is 32.2. The van der Waals surface area contributed by atoms with Crippen molar-refractivity contribution in [2.24, 2.45) is 5.92 Å². The lowest BCUT2D eigenvalue weighted by molar-refractivity contribution is -0.132. The molecule has 0 spiro atoms. The standard InChI is InChI=1S/C27H37N3O2S/c1-21(2)19-25(20-33-26-11-9-24(10-12-26)28-22(3)31)30-18-17-29(16-14-27(30)32)15-13-23-7-5-4-6-8-23/h4-12,21,25H,13-20H2,1-3H3,(H,28,31)/t25-/m0/s1. The lowest BCUT2D eigenvalue weighted by atomic mass is 10.0. The minimum atomic E-state index is -0.0649. The van der Waals surface area contributed by atoms with Gasteiger partial charge in [0, 0.05) is 61.9 Å². The van der Waals surface area contributed by atoms with Gasteiger partial charge in [-0.1, -0.05) is 44.2 Å². The van der Waals surface area contributed by atoms with Crippen molar-refractivity contribution in [1.82, 2.24) is 9.80 Å². The summed E-state index contributed by atoms with van der Waals surface area (Å²) in [6.45, 7) is 9.54. The Balaban J connectivity index is 1.57. The van der Waals surface area contributed by atoms with Gasteiger partial charge in [0.15, 0.2) is 0 Å². The average molecular weight is 468 g/mol. The van der Waals surface area contributed by atoms with Crippen LogP contribution in [0.25, 0.3) is 0 Å². The van der Waals surface area contributed by atoms with E-state index in [9.17, 15) is 9.59 Å². The third-order valence-electron chi connectivity index (χ3n) is 5.98. The Morgan fingerprint density at radius 2 is 1.76 bits per heavy atom. The van der Waals surface area contributed by atoms with Crippen molar-refractivity contribution in [2.45, 2.75) is 51.0 Å². The maximum Gasteiger partial charge on any atom is 0.224 e. The smallest absolute Gasteiger partial charge is 0.224 e. The first-order valence-electron chi connectivity index (χ1n) is 12.0. The molecule has 0 unspecified atom stereocenters. The van der Waals surface area contributed by atoms with E-state index < -0.39 is 0 Å². The molecule has 0 aliphatic carbocycles. The minimum absolute atomic E-state index is 0.0649. The number of thioether (sulfide) groups is 1. The van der Waals surface area contributed by atoms with Crippen LogP contribution in [0, 0.1) is 5.92 Å². The Morgan fingerprint density at radius 3 is 2.42 bits per heavy atom. The Morgan fingerprint density at radius 1 is 1.03 bits per heavy atom. The highest BCUT2D eigenvalue weighted by molar-refractivity contribution is 7.99. The number of anilines is 1. The van der Waals surface area contributed by atoms with E-state index >= 15 is 0 Å². The first kappa shape index (κ1) is 25.3. The number of hydrogen-bond acceptors (Lipinski definition) is 4. The molecule has 0 saturated carbocycles. The van der Waals surface area contributed by atoms with Gasteiger partial charge >= 0.3 is 0 Å². The molecule has 2 amide bonds. The molecule has 1 heterocycles. The molecule has 1 fully saturated rings. The lowest BCUT2D eigenvalue weighted by Gasteiger charge is -2.32. The van der Waals surface area contributed by atoms with Gasteiger partial charge in [0.25, 0.3) is 0 Å². The second-order valence-electron chi connectivity index (χ2n) is 9.21. The van der Waals surface area contributed by atoms with Crippen molar-refractivity contribution in [2.75, 3.05) is 37.2 Å². The fourth-order valence-corrected chi connectivity index (χ4v) is 5.31. The van der Waals surface area contributed by atoms with Crippen LogP contribution >= 0.6 is 11.8 Å². The van der Waals surface area contributed by atoms with Crippen LogP contribution in [-0.4, -0.2) is 59.6 Å². The topological polar surface area (TPSA) is 52.7 Å². The van der Waals surface area contributed by atoms with Crippen LogP contribution in [0.4, 0.5) is 5.69 Å². The van der Waals surface area contributed by atoms with E-state index in [0.29, 0.717) is 12.3 Å². The summed E-state index contributed by atoms with van der Waals surface area (Å²) in [6, 6.07) is 18.8. The van der Waals surface area contributed by atoms with Crippen molar-refractivity contribution in [1.29, 1.82) is 0 Å². The molecular weight excluding hydrogens is 430 g/mol.